The Balaban J connectivity index is 3.24. The molecule has 0 aliphatic rings. The second kappa shape index (κ2) is 4.50. The van der Waals surface area contributed by atoms with E-state index in [0.717, 1.165) is 0 Å². The maximum atomic E-state index is 11.2. The van der Waals surface area contributed by atoms with Crippen LogP contribution >= 0.6 is 23.2 Å². The molecule has 0 aliphatic carbocycles. The summed E-state index contributed by atoms with van der Waals surface area (Å²) in [5, 5.41) is 0.561. The molecule has 1 aromatic carbocycles. The minimum atomic E-state index is -0.539. The number of nitrogen functional groups attached to an aromatic ring is 1. The van der Waals surface area contributed by atoms with E-state index in [0.29, 0.717) is 10.7 Å². The molecule has 0 bridgehead atoms. The molecule has 0 saturated carbocycles. The van der Waals surface area contributed by atoms with Crippen LogP contribution < -0.4 is 11.3 Å². The first-order valence-corrected chi connectivity index (χ1v) is 4.39. The number of anilines is 1. The van der Waals surface area contributed by atoms with Crippen LogP contribution in [0.3, 0.4) is 0 Å². The Kier molecular flexibility index (Phi) is 3.57. The van der Waals surface area contributed by atoms with Gasteiger partial charge in [0.25, 0.3) is 0 Å². The lowest BCUT2D eigenvalue weighted by molar-refractivity contribution is 0.0601. The van der Waals surface area contributed by atoms with Crippen molar-refractivity contribution in [3.8, 4) is 0 Å². The molecule has 4 nitrogen and oxygen atoms in total. The first-order chi connectivity index (χ1) is 6.60. The van der Waals surface area contributed by atoms with Crippen LogP contribution in [0, 0.1) is 0 Å². The highest BCUT2D eigenvalue weighted by atomic mass is 35.5. The summed E-state index contributed by atoms with van der Waals surface area (Å²) in [6.07, 6.45) is 0. The van der Waals surface area contributed by atoms with E-state index in [1.165, 1.54) is 19.2 Å². The van der Waals surface area contributed by atoms with Gasteiger partial charge in [0.2, 0.25) is 0 Å². The van der Waals surface area contributed by atoms with E-state index in [-0.39, 0.29) is 10.6 Å². The Labute approximate surface area is 90.9 Å². The lowest BCUT2D eigenvalue weighted by Gasteiger charge is -2.07. The summed E-state index contributed by atoms with van der Waals surface area (Å²) >= 11 is 11.5. The third-order valence-electron chi connectivity index (χ3n) is 1.62. The van der Waals surface area contributed by atoms with Crippen LogP contribution in [-0.4, -0.2) is 13.1 Å². The smallest absolute Gasteiger partial charge is 0.339 e. The Hall–Kier alpha value is -0.970. The third kappa shape index (κ3) is 2.09. The first-order valence-electron chi connectivity index (χ1n) is 3.64. The third-order valence-corrected chi connectivity index (χ3v) is 2.24. The Morgan fingerprint density at radius 2 is 2.07 bits per heavy atom. The summed E-state index contributed by atoms with van der Waals surface area (Å²) in [4.78, 5) is 11.2. The van der Waals surface area contributed by atoms with E-state index in [2.05, 4.69) is 10.2 Å². The van der Waals surface area contributed by atoms with Crippen molar-refractivity contribution in [3.63, 3.8) is 0 Å². The van der Waals surface area contributed by atoms with Crippen molar-refractivity contribution in [1.82, 2.24) is 0 Å². The van der Waals surface area contributed by atoms with E-state index >= 15 is 0 Å². The van der Waals surface area contributed by atoms with Crippen LogP contribution in [0.25, 0.3) is 0 Å². The fraction of sp³-hybridized carbons (Fsp3) is 0.125. The van der Waals surface area contributed by atoms with Crippen LogP contribution in [-0.2, 0) is 4.74 Å². The Morgan fingerprint density at radius 1 is 1.43 bits per heavy atom. The molecule has 14 heavy (non-hydrogen) atoms. The summed E-state index contributed by atoms with van der Waals surface area (Å²) in [5.41, 5.74) is 2.97. The number of nitrogens with two attached hydrogens (primary N) is 1. The second-order valence-corrected chi connectivity index (χ2v) is 3.26. The maximum Gasteiger partial charge on any atom is 0.339 e. The van der Waals surface area contributed by atoms with Gasteiger partial charge in [-0.1, -0.05) is 23.2 Å². The zero-order valence-corrected chi connectivity index (χ0v) is 8.82. The minimum absolute atomic E-state index is 0.214. The molecule has 76 valence electrons. The molecule has 0 spiro atoms. The monoisotopic (exact) mass is 234 g/mol. The fourth-order valence-corrected chi connectivity index (χ4v) is 1.44. The number of halogens is 2. The lowest BCUT2D eigenvalue weighted by Crippen LogP contribution is -2.09. The van der Waals surface area contributed by atoms with Gasteiger partial charge in [0.05, 0.1) is 28.4 Å². The number of methoxy groups -OCH3 is 1. The summed E-state index contributed by atoms with van der Waals surface area (Å²) in [7, 11) is 1.27. The highest BCUT2D eigenvalue weighted by molar-refractivity contribution is 6.38. The normalized spacial score (nSPS) is 9.71. The standard InChI is InChI=1S/C8H8Cl2N2O2/c1-14-8(13)4-2-7(12-11)6(10)3-5(4)9/h2-3,12H,11H2,1H3. The molecule has 0 atom stereocenters. The molecule has 0 saturated heterocycles. The molecule has 1 aromatic rings. The van der Waals surface area contributed by atoms with Crippen LogP contribution in [0.2, 0.25) is 10.0 Å². The maximum absolute atomic E-state index is 11.2. The number of hydrogen-bond donors (Lipinski definition) is 2. The van der Waals surface area contributed by atoms with Crippen LogP contribution in [0.15, 0.2) is 12.1 Å². The van der Waals surface area contributed by atoms with E-state index in [9.17, 15) is 4.79 Å². The highest BCUT2D eigenvalue weighted by Crippen LogP contribution is 2.28. The first kappa shape index (κ1) is 11.1. The number of esters is 1. The molecule has 6 heteroatoms. The fourth-order valence-electron chi connectivity index (χ4n) is 0.926. The molecule has 0 fully saturated rings. The molecule has 0 aromatic heterocycles. The average molecular weight is 235 g/mol. The molecule has 0 heterocycles. The van der Waals surface area contributed by atoms with Gasteiger partial charge in [0.1, 0.15) is 0 Å². The van der Waals surface area contributed by atoms with Gasteiger partial charge < -0.3 is 10.2 Å². The molecule has 0 radical (unpaired) electrons. The minimum Gasteiger partial charge on any atom is -0.465 e. The van der Waals surface area contributed by atoms with Gasteiger partial charge in [-0.05, 0) is 12.1 Å². The zero-order chi connectivity index (χ0) is 10.7. The number of benzene rings is 1. The van der Waals surface area contributed by atoms with Gasteiger partial charge >= 0.3 is 5.97 Å². The molecule has 0 aliphatic heterocycles. The number of carbonyl (C=O) groups excluding carboxylic acids is 1. The summed E-state index contributed by atoms with van der Waals surface area (Å²) in [6, 6.07) is 2.85. The van der Waals surface area contributed by atoms with Crippen molar-refractivity contribution in [2.24, 2.45) is 5.84 Å². The van der Waals surface area contributed by atoms with Crippen molar-refractivity contribution in [2.45, 2.75) is 0 Å². The number of rotatable bonds is 2. The summed E-state index contributed by atoms with van der Waals surface area (Å²) < 4.78 is 4.52. The number of carbonyl (C=O) groups is 1. The quantitative estimate of drug-likeness (QED) is 0.467. The zero-order valence-electron chi connectivity index (χ0n) is 7.30. The average Bonchev–Trinajstić information content (AvgIpc) is 2.17. The number of nitrogens with one attached hydrogen (secondary N) is 1. The summed E-state index contributed by atoms with van der Waals surface area (Å²) in [6.45, 7) is 0. The van der Waals surface area contributed by atoms with Crippen molar-refractivity contribution >= 4 is 34.9 Å². The van der Waals surface area contributed by atoms with Gasteiger partial charge in [0, 0.05) is 0 Å². The molecule has 3 N–H and O–H groups in total. The molecular weight excluding hydrogens is 227 g/mol. The highest BCUT2D eigenvalue weighted by Gasteiger charge is 2.13. The molecule has 1 rings (SSSR count). The van der Waals surface area contributed by atoms with Crippen molar-refractivity contribution in [1.29, 1.82) is 0 Å². The predicted octanol–water partition coefficient (Wildman–Crippen LogP) is 2.07. The van der Waals surface area contributed by atoms with Crippen LogP contribution in [0.5, 0.6) is 0 Å². The van der Waals surface area contributed by atoms with E-state index < -0.39 is 5.97 Å². The van der Waals surface area contributed by atoms with Crippen molar-refractivity contribution in [3.05, 3.63) is 27.7 Å². The molecule has 0 unspecified atom stereocenters. The van der Waals surface area contributed by atoms with Gasteiger partial charge in [-0.15, -0.1) is 0 Å². The predicted molar refractivity (Wildman–Crippen MR) is 55.6 cm³/mol. The van der Waals surface area contributed by atoms with E-state index in [1.54, 1.807) is 0 Å². The Morgan fingerprint density at radius 3 is 2.57 bits per heavy atom. The molecule has 0 amide bonds. The topological polar surface area (TPSA) is 64.3 Å². The largest absolute Gasteiger partial charge is 0.465 e. The van der Waals surface area contributed by atoms with E-state index in [4.69, 9.17) is 29.0 Å². The second-order valence-electron chi connectivity index (χ2n) is 2.45. The van der Waals surface area contributed by atoms with Crippen molar-refractivity contribution < 1.29 is 9.53 Å². The number of hydrazine groups is 1. The van der Waals surface area contributed by atoms with Crippen LogP contribution in [0.1, 0.15) is 10.4 Å². The summed E-state index contributed by atoms with van der Waals surface area (Å²) in [5.74, 6) is 4.64. The van der Waals surface area contributed by atoms with Gasteiger partial charge in [-0.2, -0.15) is 0 Å². The number of hydrogen-bond acceptors (Lipinski definition) is 4. The van der Waals surface area contributed by atoms with Crippen molar-refractivity contribution in [2.75, 3.05) is 12.5 Å². The van der Waals surface area contributed by atoms with E-state index in [1.807, 2.05) is 0 Å². The number of ether oxygens (including phenoxy) is 1. The van der Waals surface area contributed by atoms with Gasteiger partial charge in [0.15, 0.2) is 0 Å². The van der Waals surface area contributed by atoms with Gasteiger partial charge in [-0.3, -0.25) is 5.84 Å². The lowest BCUT2D eigenvalue weighted by atomic mass is 10.2. The Bertz CT molecular complexity index is 369. The van der Waals surface area contributed by atoms with Gasteiger partial charge in [-0.25, -0.2) is 4.79 Å². The SMILES string of the molecule is COC(=O)c1cc(NN)c(Cl)cc1Cl. The molecular formula is C8H8Cl2N2O2. The van der Waals surface area contributed by atoms with Crippen LogP contribution in [0.4, 0.5) is 5.69 Å².